The van der Waals surface area contributed by atoms with Crippen molar-refractivity contribution in [3.8, 4) is 22.6 Å². The number of rotatable bonds is 10. The van der Waals surface area contributed by atoms with E-state index in [-0.39, 0.29) is 5.82 Å². The zero-order valence-electron chi connectivity index (χ0n) is 22.9. The number of hydrogen-bond donors (Lipinski definition) is 0. The average molecular weight is 529 g/mol. The lowest BCUT2D eigenvalue weighted by molar-refractivity contribution is 0.340. The van der Waals surface area contributed by atoms with E-state index in [4.69, 9.17) is 9.47 Å². The van der Waals surface area contributed by atoms with Crippen molar-refractivity contribution >= 4 is 11.1 Å². The zero-order chi connectivity index (χ0) is 27.7. The van der Waals surface area contributed by atoms with Crippen molar-refractivity contribution in [1.82, 2.24) is 0 Å². The fraction of sp³-hybridized carbons (Fsp3) is 0.135. The fourth-order valence-corrected chi connectivity index (χ4v) is 4.92. The maximum absolute atomic E-state index is 14.0. The van der Waals surface area contributed by atoms with E-state index in [0.717, 1.165) is 50.5 Å². The Hall–Kier alpha value is -4.63. The van der Waals surface area contributed by atoms with Crippen LogP contribution < -0.4 is 9.47 Å². The van der Waals surface area contributed by atoms with Gasteiger partial charge in [0.15, 0.2) is 0 Å². The number of hydrogen-bond acceptors (Lipinski definition) is 2. The molecule has 200 valence electrons. The Bertz CT molecular complexity index is 1530. The van der Waals surface area contributed by atoms with Crippen LogP contribution in [-0.2, 0) is 6.42 Å². The molecule has 0 spiro atoms. The molecule has 0 N–H and O–H groups in total. The summed E-state index contributed by atoms with van der Waals surface area (Å²) in [5, 5.41) is 0. The van der Waals surface area contributed by atoms with Crippen LogP contribution in [0, 0.1) is 5.82 Å². The Morgan fingerprint density at radius 2 is 1.00 bits per heavy atom. The Balaban J connectivity index is 1.67. The molecular weight excluding hydrogens is 495 g/mol. The van der Waals surface area contributed by atoms with Gasteiger partial charge in [-0.1, -0.05) is 91.0 Å². The molecule has 40 heavy (non-hydrogen) atoms. The first-order valence-corrected chi connectivity index (χ1v) is 13.7. The van der Waals surface area contributed by atoms with Crippen molar-refractivity contribution in [3.63, 3.8) is 0 Å². The molecule has 0 saturated carbocycles. The molecule has 0 saturated heterocycles. The third-order valence-electron chi connectivity index (χ3n) is 6.84. The number of halogens is 1. The second-order valence-electron chi connectivity index (χ2n) is 9.51. The van der Waals surface area contributed by atoms with Gasteiger partial charge in [0.2, 0.25) is 0 Å². The van der Waals surface area contributed by atoms with Gasteiger partial charge < -0.3 is 9.47 Å². The molecule has 5 rings (SSSR count). The predicted octanol–water partition coefficient (Wildman–Crippen LogP) is 9.49. The molecule has 0 bridgehead atoms. The Morgan fingerprint density at radius 3 is 1.55 bits per heavy atom. The largest absolute Gasteiger partial charge is 0.494 e. The average Bonchev–Trinajstić information content (AvgIpc) is 3.00. The topological polar surface area (TPSA) is 18.5 Å². The lowest BCUT2D eigenvalue weighted by Gasteiger charge is -2.19. The third-order valence-corrected chi connectivity index (χ3v) is 6.84. The number of allylic oxidation sites excluding steroid dienone is 1. The monoisotopic (exact) mass is 528 g/mol. The van der Waals surface area contributed by atoms with E-state index in [2.05, 4.69) is 72.8 Å². The first-order chi connectivity index (χ1) is 19.6. The first kappa shape index (κ1) is 27.0. The smallest absolute Gasteiger partial charge is 0.123 e. The van der Waals surface area contributed by atoms with Crippen LogP contribution in [-0.4, -0.2) is 13.2 Å². The maximum Gasteiger partial charge on any atom is 0.123 e. The van der Waals surface area contributed by atoms with Crippen LogP contribution in [0.25, 0.3) is 22.3 Å². The van der Waals surface area contributed by atoms with Gasteiger partial charge >= 0.3 is 0 Å². The van der Waals surface area contributed by atoms with E-state index in [1.54, 1.807) is 0 Å². The van der Waals surface area contributed by atoms with Crippen LogP contribution in [0.3, 0.4) is 0 Å². The summed E-state index contributed by atoms with van der Waals surface area (Å²) < 4.78 is 25.4. The molecule has 5 aromatic carbocycles. The highest BCUT2D eigenvalue weighted by atomic mass is 19.1. The quantitative estimate of drug-likeness (QED) is 0.168. The van der Waals surface area contributed by atoms with Crippen LogP contribution in [0.5, 0.6) is 11.5 Å². The molecule has 5 aromatic rings. The standard InChI is InChI=1S/C37H33FO2/c1-3-39-34-22-10-27(11-23-34)26-36(30-14-12-29(13-15-30)28-8-6-5-7-9-28)37(31-16-20-33(38)21-17-31)32-18-24-35(25-19-32)40-4-2/h5-25H,3-4,26H2,1-2H3/b37-36-. The van der Waals surface area contributed by atoms with Crippen LogP contribution in [0.2, 0.25) is 0 Å². The summed E-state index contributed by atoms with van der Waals surface area (Å²) in [5.74, 6) is 1.43. The minimum absolute atomic E-state index is 0.255. The van der Waals surface area contributed by atoms with Gasteiger partial charge in [0.05, 0.1) is 13.2 Å². The summed E-state index contributed by atoms with van der Waals surface area (Å²) in [4.78, 5) is 0. The molecular formula is C37H33FO2. The lowest BCUT2D eigenvalue weighted by Crippen LogP contribution is -2.00. The maximum atomic E-state index is 14.0. The Morgan fingerprint density at radius 1 is 0.525 bits per heavy atom. The van der Waals surface area contributed by atoms with Gasteiger partial charge in [-0.25, -0.2) is 4.39 Å². The van der Waals surface area contributed by atoms with Gasteiger partial charge in [-0.15, -0.1) is 0 Å². The van der Waals surface area contributed by atoms with E-state index in [1.807, 2.05) is 56.3 Å². The Labute approximate surface area is 236 Å². The third kappa shape index (κ3) is 6.50. The van der Waals surface area contributed by atoms with Crippen LogP contribution >= 0.6 is 0 Å². The normalized spacial score (nSPS) is 11.6. The van der Waals surface area contributed by atoms with Crippen molar-refractivity contribution in [2.45, 2.75) is 20.3 Å². The highest BCUT2D eigenvalue weighted by molar-refractivity contribution is 5.99. The molecule has 2 nitrogen and oxygen atoms in total. The van der Waals surface area contributed by atoms with Crippen LogP contribution in [0.1, 0.15) is 36.1 Å². The van der Waals surface area contributed by atoms with Gasteiger partial charge in [-0.2, -0.15) is 0 Å². The minimum Gasteiger partial charge on any atom is -0.494 e. The molecule has 0 aliphatic rings. The molecule has 0 radical (unpaired) electrons. The number of benzene rings is 5. The highest BCUT2D eigenvalue weighted by Gasteiger charge is 2.16. The van der Waals surface area contributed by atoms with Gasteiger partial charge in [-0.05, 0) is 101 Å². The zero-order valence-corrected chi connectivity index (χ0v) is 22.9. The fourth-order valence-electron chi connectivity index (χ4n) is 4.92. The number of ether oxygens (including phenoxy) is 2. The lowest BCUT2D eigenvalue weighted by atomic mass is 9.85. The van der Waals surface area contributed by atoms with Gasteiger partial charge in [0.25, 0.3) is 0 Å². The summed E-state index contributed by atoms with van der Waals surface area (Å²) in [5.41, 5.74) is 8.83. The summed E-state index contributed by atoms with van der Waals surface area (Å²) in [6.45, 7) is 5.20. The highest BCUT2D eigenvalue weighted by Crippen LogP contribution is 2.36. The molecule has 0 aromatic heterocycles. The van der Waals surface area contributed by atoms with E-state index < -0.39 is 0 Å². The molecule has 0 heterocycles. The van der Waals surface area contributed by atoms with Crippen molar-refractivity contribution in [1.29, 1.82) is 0 Å². The molecule has 0 fully saturated rings. The van der Waals surface area contributed by atoms with E-state index in [1.165, 1.54) is 17.7 Å². The van der Waals surface area contributed by atoms with Crippen molar-refractivity contribution in [3.05, 3.63) is 155 Å². The molecule has 0 aliphatic carbocycles. The Kier molecular flexibility index (Phi) is 8.73. The second kappa shape index (κ2) is 12.9. The van der Waals surface area contributed by atoms with Gasteiger partial charge in [0, 0.05) is 0 Å². The van der Waals surface area contributed by atoms with Crippen LogP contribution in [0.4, 0.5) is 4.39 Å². The SMILES string of the molecule is CCOc1ccc(C/C(=C(\c2ccc(F)cc2)c2ccc(OCC)cc2)c2ccc(-c3ccccc3)cc2)cc1. The molecule has 3 heteroatoms. The summed E-state index contributed by atoms with van der Waals surface area (Å²) in [7, 11) is 0. The van der Waals surface area contributed by atoms with Crippen molar-refractivity contribution in [2.75, 3.05) is 13.2 Å². The first-order valence-electron chi connectivity index (χ1n) is 13.7. The van der Waals surface area contributed by atoms with Gasteiger partial charge in [-0.3, -0.25) is 0 Å². The molecule has 0 aliphatic heterocycles. The van der Waals surface area contributed by atoms with E-state index in [9.17, 15) is 4.39 Å². The molecule has 0 unspecified atom stereocenters. The second-order valence-corrected chi connectivity index (χ2v) is 9.51. The van der Waals surface area contributed by atoms with Crippen LogP contribution in [0.15, 0.2) is 127 Å². The predicted molar refractivity (Wildman–Crippen MR) is 163 cm³/mol. The van der Waals surface area contributed by atoms with Crippen molar-refractivity contribution < 1.29 is 13.9 Å². The molecule has 0 atom stereocenters. The molecule has 0 amide bonds. The summed E-state index contributed by atoms with van der Waals surface area (Å²) in [6.07, 6.45) is 0.691. The van der Waals surface area contributed by atoms with Crippen molar-refractivity contribution in [2.24, 2.45) is 0 Å². The minimum atomic E-state index is -0.255. The van der Waals surface area contributed by atoms with E-state index in [0.29, 0.717) is 19.6 Å². The van der Waals surface area contributed by atoms with E-state index >= 15 is 0 Å². The van der Waals surface area contributed by atoms with Gasteiger partial charge in [0.1, 0.15) is 17.3 Å². The summed E-state index contributed by atoms with van der Waals surface area (Å²) >= 11 is 0. The summed E-state index contributed by atoms with van der Waals surface area (Å²) in [6, 6.07) is 42.3.